The first-order valence-corrected chi connectivity index (χ1v) is 10.5. The normalized spacial score (nSPS) is 17.4. The van der Waals surface area contributed by atoms with E-state index in [4.69, 9.17) is 10.1 Å². The number of hydrogen-bond acceptors (Lipinski definition) is 5. The Morgan fingerprint density at radius 3 is 2.59 bits per heavy atom. The lowest BCUT2D eigenvalue weighted by Crippen LogP contribution is -2.29. The number of aromatic nitrogens is 3. The molecule has 140 valence electrons. The molecule has 0 unspecified atom stereocenters. The predicted octanol–water partition coefficient (Wildman–Crippen LogP) is 4.11. The second-order valence-electron chi connectivity index (χ2n) is 7.57. The molecule has 0 spiro atoms. The maximum atomic E-state index is 12.5. The van der Waals surface area contributed by atoms with Gasteiger partial charge in [-0.3, -0.25) is 4.79 Å². The number of imidazole rings is 1. The molecular weight excluding hydrogens is 358 g/mol. The third kappa shape index (κ3) is 3.20. The molecule has 5 rings (SSSR count). The van der Waals surface area contributed by atoms with E-state index in [1.165, 1.54) is 24.8 Å². The van der Waals surface area contributed by atoms with E-state index in [0.717, 1.165) is 47.3 Å². The number of benzene rings is 1. The Morgan fingerprint density at radius 1 is 1.15 bits per heavy atom. The standard InChI is InChI=1S/C20H23N5OS/c1-13-5-7-14(8-6-13)16-17(22-18(26)15-9-10-15)25-19(21-16)27-20(23-25)24-11-3-2-4-12-24/h5-8,15H,2-4,9-12H2,1H3,(H,22,26). The lowest BCUT2D eigenvalue weighted by molar-refractivity contribution is -0.117. The van der Waals surface area contributed by atoms with Crippen LogP contribution in [0.3, 0.4) is 0 Å². The van der Waals surface area contributed by atoms with Gasteiger partial charge in [-0.05, 0) is 39.0 Å². The van der Waals surface area contributed by atoms with E-state index >= 15 is 0 Å². The van der Waals surface area contributed by atoms with Crippen molar-refractivity contribution in [2.75, 3.05) is 23.3 Å². The molecule has 3 heterocycles. The van der Waals surface area contributed by atoms with Gasteiger partial charge in [-0.25, -0.2) is 4.98 Å². The first kappa shape index (κ1) is 16.7. The first-order chi connectivity index (χ1) is 13.2. The monoisotopic (exact) mass is 381 g/mol. The van der Waals surface area contributed by atoms with Crippen LogP contribution in [0.15, 0.2) is 24.3 Å². The van der Waals surface area contributed by atoms with Gasteiger partial charge in [0.15, 0.2) is 5.82 Å². The minimum atomic E-state index is 0.0812. The molecule has 1 amide bonds. The molecule has 1 aliphatic carbocycles. The molecule has 6 nitrogen and oxygen atoms in total. The molecule has 7 heteroatoms. The molecule has 1 saturated heterocycles. The van der Waals surface area contributed by atoms with Crippen molar-refractivity contribution in [2.45, 2.75) is 39.0 Å². The van der Waals surface area contributed by atoms with E-state index in [-0.39, 0.29) is 11.8 Å². The van der Waals surface area contributed by atoms with Gasteiger partial charge in [0.05, 0.1) is 0 Å². The minimum Gasteiger partial charge on any atom is -0.347 e. The van der Waals surface area contributed by atoms with E-state index in [1.54, 1.807) is 11.3 Å². The van der Waals surface area contributed by atoms with Gasteiger partial charge in [0.25, 0.3) is 0 Å². The smallest absolute Gasteiger partial charge is 0.228 e. The Labute approximate surface area is 162 Å². The molecule has 0 radical (unpaired) electrons. The maximum Gasteiger partial charge on any atom is 0.228 e. The van der Waals surface area contributed by atoms with Gasteiger partial charge >= 0.3 is 0 Å². The van der Waals surface area contributed by atoms with Crippen LogP contribution in [0.1, 0.15) is 37.7 Å². The number of nitrogens with one attached hydrogen (secondary N) is 1. The molecule has 2 fully saturated rings. The maximum absolute atomic E-state index is 12.5. The van der Waals surface area contributed by atoms with Crippen molar-refractivity contribution in [3.63, 3.8) is 0 Å². The molecular formula is C20H23N5OS. The highest BCUT2D eigenvalue weighted by molar-refractivity contribution is 7.20. The van der Waals surface area contributed by atoms with Gasteiger partial charge in [-0.15, -0.1) is 5.10 Å². The molecule has 1 aromatic carbocycles. The summed E-state index contributed by atoms with van der Waals surface area (Å²) >= 11 is 1.60. The highest BCUT2D eigenvalue weighted by Gasteiger charge is 2.31. The van der Waals surface area contributed by atoms with Crippen molar-refractivity contribution >= 4 is 33.2 Å². The number of carbonyl (C=O) groups is 1. The lowest BCUT2D eigenvalue weighted by Gasteiger charge is -2.25. The number of carbonyl (C=O) groups excluding carboxylic acids is 1. The van der Waals surface area contributed by atoms with E-state index in [9.17, 15) is 4.79 Å². The minimum absolute atomic E-state index is 0.0812. The molecule has 1 saturated carbocycles. The average molecular weight is 382 g/mol. The average Bonchev–Trinajstić information content (AvgIpc) is 3.38. The van der Waals surface area contributed by atoms with Crippen LogP contribution in [-0.4, -0.2) is 33.6 Å². The Morgan fingerprint density at radius 2 is 1.89 bits per heavy atom. The molecule has 0 bridgehead atoms. The molecule has 0 atom stereocenters. The summed E-state index contributed by atoms with van der Waals surface area (Å²) in [5.41, 5.74) is 3.01. The van der Waals surface area contributed by atoms with Crippen LogP contribution >= 0.6 is 11.3 Å². The Balaban J connectivity index is 1.57. The number of rotatable bonds is 4. The first-order valence-electron chi connectivity index (χ1n) is 9.71. The summed E-state index contributed by atoms with van der Waals surface area (Å²) in [4.78, 5) is 20.5. The Hall–Kier alpha value is -2.41. The van der Waals surface area contributed by atoms with Gasteiger partial charge in [-0.1, -0.05) is 41.2 Å². The van der Waals surface area contributed by atoms with E-state index < -0.39 is 0 Å². The van der Waals surface area contributed by atoms with Crippen LogP contribution < -0.4 is 10.2 Å². The summed E-state index contributed by atoms with van der Waals surface area (Å²) in [7, 11) is 0. The fourth-order valence-electron chi connectivity index (χ4n) is 3.54. The number of nitrogens with zero attached hydrogens (tertiary/aromatic N) is 4. The number of piperidine rings is 1. The Kier molecular flexibility index (Phi) is 4.11. The van der Waals surface area contributed by atoms with Crippen LogP contribution in [0.4, 0.5) is 10.9 Å². The quantitative estimate of drug-likeness (QED) is 0.739. The molecule has 3 aromatic rings. The van der Waals surface area contributed by atoms with Crippen molar-refractivity contribution in [1.82, 2.24) is 14.6 Å². The fraction of sp³-hybridized carbons (Fsp3) is 0.450. The summed E-state index contributed by atoms with van der Waals surface area (Å²) in [5.74, 6) is 0.921. The molecule has 27 heavy (non-hydrogen) atoms. The Bertz CT molecular complexity index is 980. The predicted molar refractivity (Wildman–Crippen MR) is 108 cm³/mol. The van der Waals surface area contributed by atoms with Crippen molar-refractivity contribution in [3.05, 3.63) is 29.8 Å². The van der Waals surface area contributed by atoms with Gasteiger partial charge in [-0.2, -0.15) is 4.52 Å². The molecule has 2 aromatic heterocycles. The third-order valence-corrected chi connectivity index (χ3v) is 6.30. The summed E-state index contributed by atoms with van der Waals surface area (Å²) in [6.45, 7) is 4.16. The zero-order chi connectivity index (χ0) is 18.4. The van der Waals surface area contributed by atoms with Crippen LogP contribution in [0, 0.1) is 12.8 Å². The highest BCUT2D eigenvalue weighted by Crippen LogP contribution is 2.36. The van der Waals surface area contributed by atoms with Gasteiger partial charge in [0, 0.05) is 24.6 Å². The topological polar surface area (TPSA) is 62.5 Å². The van der Waals surface area contributed by atoms with E-state index in [0.29, 0.717) is 5.82 Å². The number of amides is 1. The summed E-state index contributed by atoms with van der Waals surface area (Å²) < 4.78 is 1.82. The van der Waals surface area contributed by atoms with E-state index in [2.05, 4.69) is 41.4 Å². The molecule has 1 aliphatic heterocycles. The second kappa shape index (κ2) is 6.64. The fourth-order valence-corrected chi connectivity index (χ4v) is 4.49. The largest absolute Gasteiger partial charge is 0.347 e. The van der Waals surface area contributed by atoms with Crippen molar-refractivity contribution in [2.24, 2.45) is 5.92 Å². The highest BCUT2D eigenvalue weighted by atomic mass is 32.1. The summed E-state index contributed by atoms with van der Waals surface area (Å²) in [6.07, 6.45) is 5.66. The van der Waals surface area contributed by atoms with Gasteiger partial charge < -0.3 is 10.2 Å². The summed E-state index contributed by atoms with van der Waals surface area (Å²) in [6, 6.07) is 8.25. The van der Waals surface area contributed by atoms with E-state index in [1.807, 2.05) is 4.52 Å². The van der Waals surface area contributed by atoms with Gasteiger partial charge in [0.1, 0.15) is 5.69 Å². The van der Waals surface area contributed by atoms with Crippen LogP contribution in [0.5, 0.6) is 0 Å². The number of anilines is 2. The summed E-state index contributed by atoms with van der Waals surface area (Å²) in [5, 5.41) is 8.92. The van der Waals surface area contributed by atoms with Crippen molar-refractivity contribution in [1.29, 1.82) is 0 Å². The lowest BCUT2D eigenvalue weighted by atomic mass is 10.1. The van der Waals surface area contributed by atoms with Gasteiger partial charge in [0.2, 0.25) is 16.0 Å². The van der Waals surface area contributed by atoms with Crippen LogP contribution in [0.25, 0.3) is 16.2 Å². The SMILES string of the molecule is Cc1ccc(-c2nc3sc(N4CCCCC4)nn3c2NC(=O)C2CC2)cc1. The van der Waals surface area contributed by atoms with Crippen molar-refractivity contribution < 1.29 is 4.79 Å². The zero-order valence-electron chi connectivity index (χ0n) is 15.4. The van der Waals surface area contributed by atoms with Crippen LogP contribution in [0.2, 0.25) is 0 Å². The molecule has 1 N–H and O–H groups in total. The van der Waals surface area contributed by atoms with Crippen molar-refractivity contribution in [3.8, 4) is 11.3 Å². The van der Waals surface area contributed by atoms with Crippen LogP contribution in [-0.2, 0) is 4.79 Å². The number of fused-ring (bicyclic) bond motifs is 1. The number of aryl methyl sites for hydroxylation is 1. The third-order valence-electron chi connectivity index (χ3n) is 5.33. The molecule has 2 aliphatic rings. The number of hydrogen-bond donors (Lipinski definition) is 1. The zero-order valence-corrected chi connectivity index (χ0v) is 16.3. The second-order valence-corrected chi connectivity index (χ2v) is 8.50.